The number of aryl methyl sites for hydroxylation is 1. The van der Waals surface area contributed by atoms with Crippen LogP contribution in [0.4, 0.5) is 11.8 Å². The highest BCUT2D eigenvalue weighted by atomic mass is 15.2. The molecule has 1 aliphatic heterocycles. The Balaban J connectivity index is 2.09. The summed E-state index contributed by atoms with van der Waals surface area (Å²) in [5.74, 6) is 1.68. The van der Waals surface area contributed by atoms with Gasteiger partial charge in [0, 0.05) is 43.2 Å². The predicted octanol–water partition coefficient (Wildman–Crippen LogP) is 2.39. The Morgan fingerprint density at radius 2 is 1.95 bits per heavy atom. The number of hydrogen-bond donors (Lipinski definition) is 1. The molecule has 22 heavy (non-hydrogen) atoms. The van der Waals surface area contributed by atoms with Gasteiger partial charge in [-0.2, -0.15) is 4.98 Å². The van der Waals surface area contributed by atoms with Crippen LogP contribution in [0.5, 0.6) is 0 Å². The van der Waals surface area contributed by atoms with Gasteiger partial charge < -0.3 is 10.2 Å². The minimum Gasteiger partial charge on any atom is -0.354 e. The van der Waals surface area contributed by atoms with Crippen LogP contribution in [0, 0.1) is 6.92 Å². The van der Waals surface area contributed by atoms with E-state index in [1.165, 1.54) is 5.57 Å². The zero-order valence-corrected chi connectivity index (χ0v) is 13.2. The van der Waals surface area contributed by atoms with Gasteiger partial charge in [-0.25, -0.2) is 15.0 Å². The summed E-state index contributed by atoms with van der Waals surface area (Å²) in [4.78, 5) is 19.7. The van der Waals surface area contributed by atoms with Gasteiger partial charge in [-0.3, -0.25) is 0 Å². The van der Waals surface area contributed by atoms with Crippen LogP contribution in [0.2, 0.25) is 0 Å². The third-order valence-corrected chi connectivity index (χ3v) is 3.74. The first-order chi connectivity index (χ1) is 10.7. The van der Waals surface area contributed by atoms with Crippen molar-refractivity contribution in [3.8, 4) is 0 Å². The Bertz CT molecular complexity index is 695. The number of fused-ring (bicyclic) bond motifs is 1. The maximum Gasteiger partial charge on any atom is 0.224 e. The molecule has 2 aromatic heterocycles. The lowest BCUT2D eigenvalue weighted by Gasteiger charge is -2.30. The van der Waals surface area contributed by atoms with Gasteiger partial charge in [-0.05, 0) is 32.4 Å². The molecule has 1 aliphatic rings. The number of hydrogen-bond acceptors (Lipinski definition) is 6. The molecule has 0 saturated heterocycles. The van der Waals surface area contributed by atoms with Gasteiger partial charge in [-0.1, -0.05) is 0 Å². The smallest absolute Gasteiger partial charge is 0.224 e. The van der Waals surface area contributed by atoms with Gasteiger partial charge in [0.2, 0.25) is 5.95 Å². The van der Waals surface area contributed by atoms with Crippen molar-refractivity contribution in [2.75, 3.05) is 29.9 Å². The molecule has 3 rings (SSSR count). The highest BCUT2D eigenvalue weighted by Crippen LogP contribution is 2.32. The molecule has 6 nitrogen and oxygen atoms in total. The van der Waals surface area contributed by atoms with Crippen molar-refractivity contribution >= 4 is 23.4 Å². The molecule has 0 amide bonds. The first-order valence-electron chi connectivity index (χ1n) is 7.56. The van der Waals surface area contributed by atoms with Crippen LogP contribution < -0.4 is 10.2 Å². The molecule has 0 unspecified atom stereocenters. The normalized spacial score (nSPS) is 13.6. The molecule has 0 aromatic carbocycles. The van der Waals surface area contributed by atoms with E-state index in [0.717, 1.165) is 42.3 Å². The molecule has 2 aromatic rings. The zero-order chi connectivity index (χ0) is 15.5. The highest BCUT2D eigenvalue weighted by molar-refractivity contribution is 5.90. The van der Waals surface area contributed by atoms with E-state index in [4.69, 9.17) is 0 Å². The minimum absolute atomic E-state index is 0.692. The second-order valence-electron chi connectivity index (χ2n) is 5.21. The van der Waals surface area contributed by atoms with Gasteiger partial charge in [-0.15, -0.1) is 0 Å². The maximum absolute atomic E-state index is 4.67. The van der Waals surface area contributed by atoms with Crippen LogP contribution in [0.15, 0.2) is 18.7 Å². The summed E-state index contributed by atoms with van der Waals surface area (Å²) in [5.41, 5.74) is 4.29. The minimum atomic E-state index is 0.692. The lowest BCUT2D eigenvalue weighted by molar-refractivity contribution is 0.867. The molecule has 0 fully saturated rings. The van der Waals surface area contributed by atoms with E-state index < -0.39 is 0 Å². The molecule has 0 spiro atoms. The average molecular weight is 296 g/mol. The van der Waals surface area contributed by atoms with Gasteiger partial charge in [0.1, 0.15) is 12.1 Å². The first-order valence-corrected chi connectivity index (χ1v) is 7.56. The van der Waals surface area contributed by atoms with Crippen LogP contribution in [0.25, 0.3) is 11.6 Å². The van der Waals surface area contributed by atoms with Crippen molar-refractivity contribution in [2.24, 2.45) is 0 Å². The summed E-state index contributed by atoms with van der Waals surface area (Å²) in [6.07, 6.45) is 7.41. The SMILES string of the molecule is CCNc1nc(C)c2c(n1)N(CC)CC(c1cncnc1)=C2. The summed E-state index contributed by atoms with van der Waals surface area (Å²) in [7, 11) is 0. The number of nitrogens with one attached hydrogen (secondary N) is 1. The van der Waals surface area contributed by atoms with E-state index in [2.05, 4.69) is 43.2 Å². The summed E-state index contributed by atoms with van der Waals surface area (Å²) in [6, 6.07) is 0. The topological polar surface area (TPSA) is 66.8 Å². The van der Waals surface area contributed by atoms with Crippen molar-refractivity contribution in [2.45, 2.75) is 20.8 Å². The van der Waals surface area contributed by atoms with Gasteiger partial charge in [0.25, 0.3) is 0 Å². The zero-order valence-electron chi connectivity index (χ0n) is 13.2. The van der Waals surface area contributed by atoms with Crippen molar-refractivity contribution in [1.29, 1.82) is 0 Å². The molecule has 3 heterocycles. The second kappa shape index (κ2) is 6.09. The Morgan fingerprint density at radius 1 is 1.18 bits per heavy atom. The van der Waals surface area contributed by atoms with Crippen LogP contribution in [-0.2, 0) is 0 Å². The summed E-state index contributed by atoms with van der Waals surface area (Å²) >= 11 is 0. The number of aromatic nitrogens is 4. The summed E-state index contributed by atoms with van der Waals surface area (Å²) in [6.45, 7) is 8.71. The lowest BCUT2D eigenvalue weighted by atomic mass is 10.0. The number of likely N-dealkylation sites (N-methyl/N-ethyl adjacent to an activating group) is 1. The first kappa shape index (κ1) is 14.4. The highest BCUT2D eigenvalue weighted by Gasteiger charge is 2.22. The second-order valence-corrected chi connectivity index (χ2v) is 5.21. The van der Waals surface area contributed by atoms with E-state index >= 15 is 0 Å². The maximum atomic E-state index is 4.67. The van der Waals surface area contributed by atoms with E-state index in [-0.39, 0.29) is 0 Å². The van der Waals surface area contributed by atoms with Crippen LogP contribution in [-0.4, -0.2) is 39.6 Å². The molecule has 0 radical (unpaired) electrons. The van der Waals surface area contributed by atoms with E-state index in [9.17, 15) is 0 Å². The molecule has 0 bridgehead atoms. The van der Waals surface area contributed by atoms with E-state index in [1.807, 2.05) is 26.2 Å². The van der Waals surface area contributed by atoms with Crippen molar-refractivity contribution in [3.05, 3.63) is 35.5 Å². The van der Waals surface area contributed by atoms with Crippen LogP contribution in [0.1, 0.15) is 30.7 Å². The molecular formula is C16H20N6. The molecule has 114 valence electrons. The Hall–Kier alpha value is -2.50. The van der Waals surface area contributed by atoms with Crippen LogP contribution in [0.3, 0.4) is 0 Å². The van der Waals surface area contributed by atoms with Crippen LogP contribution >= 0.6 is 0 Å². The number of anilines is 2. The number of nitrogens with zero attached hydrogens (tertiary/aromatic N) is 5. The largest absolute Gasteiger partial charge is 0.354 e. The van der Waals surface area contributed by atoms with Gasteiger partial charge >= 0.3 is 0 Å². The monoisotopic (exact) mass is 296 g/mol. The third-order valence-electron chi connectivity index (χ3n) is 3.74. The third kappa shape index (κ3) is 2.64. The predicted molar refractivity (Wildman–Crippen MR) is 88.7 cm³/mol. The van der Waals surface area contributed by atoms with Crippen molar-refractivity contribution in [3.63, 3.8) is 0 Å². The molecule has 0 saturated carbocycles. The number of rotatable bonds is 4. The standard InChI is InChI=1S/C16H20N6/c1-4-19-16-20-11(3)14-6-12(13-7-17-10-18-8-13)9-22(5-2)15(14)21-16/h6-8,10H,4-5,9H2,1-3H3,(H,19,20,21). The molecular weight excluding hydrogens is 276 g/mol. The quantitative estimate of drug-likeness (QED) is 0.934. The fourth-order valence-electron chi connectivity index (χ4n) is 2.62. The molecule has 0 atom stereocenters. The Labute approximate surface area is 130 Å². The fourth-order valence-corrected chi connectivity index (χ4v) is 2.62. The lowest BCUT2D eigenvalue weighted by Crippen LogP contribution is -2.30. The molecule has 0 aliphatic carbocycles. The summed E-state index contributed by atoms with van der Waals surface area (Å²) < 4.78 is 0. The van der Waals surface area contributed by atoms with Gasteiger partial charge in [0.05, 0.1) is 5.69 Å². The molecule has 1 N–H and O–H groups in total. The van der Waals surface area contributed by atoms with Gasteiger partial charge in [0.15, 0.2) is 0 Å². The van der Waals surface area contributed by atoms with Crippen molar-refractivity contribution in [1.82, 2.24) is 19.9 Å². The Kier molecular flexibility index (Phi) is 4.00. The Morgan fingerprint density at radius 3 is 2.64 bits per heavy atom. The van der Waals surface area contributed by atoms with E-state index in [0.29, 0.717) is 5.95 Å². The average Bonchev–Trinajstić information content (AvgIpc) is 2.55. The molecule has 6 heteroatoms. The van der Waals surface area contributed by atoms with E-state index in [1.54, 1.807) is 6.33 Å². The van der Waals surface area contributed by atoms with Crippen molar-refractivity contribution < 1.29 is 0 Å². The summed E-state index contributed by atoms with van der Waals surface area (Å²) in [5, 5.41) is 3.20. The fraction of sp³-hybridized carbons (Fsp3) is 0.375.